The molecule has 0 unspecified atom stereocenters. The second-order valence-electron chi connectivity index (χ2n) is 7.29. The van der Waals surface area contributed by atoms with Crippen molar-refractivity contribution in [2.75, 3.05) is 4.90 Å². The number of hydrogen-bond donors (Lipinski definition) is 1. The van der Waals surface area contributed by atoms with E-state index < -0.39 is 17.8 Å². The molecule has 0 spiro atoms. The Morgan fingerprint density at radius 1 is 0.829 bits per heavy atom. The molecule has 4 rings (SSSR count). The molecule has 0 bridgehead atoms. The number of ether oxygens (including phenoxy) is 1. The predicted octanol–water partition coefficient (Wildman–Crippen LogP) is 7.20. The van der Waals surface area contributed by atoms with Gasteiger partial charge in [0.25, 0.3) is 11.8 Å². The second-order valence-corrected chi connectivity index (χ2v) is 9.35. The number of nitrogens with zero attached hydrogens (tertiary/aromatic N) is 1. The van der Waals surface area contributed by atoms with Crippen molar-refractivity contribution >= 4 is 87.6 Å². The SMILES string of the molecule is O=C1NC(=O)N(c2ccc(Cl)c(Cl)c2)C(=O)/C1=C/c1cc(Cl)c(OCc2cccc(Cl)c2)c(Cl)c1. The number of imide groups is 2. The summed E-state index contributed by atoms with van der Waals surface area (Å²) in [7, 11) is 0. The van der Waals surface area contributed by atoms with Gasteiger partial charge in [0, 0.05) is 5.02 Å². The number of rotatable bonds is 5. The summed E-state index contributed by atoms with van der Waals surface area (Å²) in [5.74, 6) is -1.50. The molecule has 0 radical (unpaired) electrons. The third-order valence-corrected chi connectivity index (χ3v) is 6.40. The lowest BCUT2D eigenvalue weighted by molar-refractivity contribution is -0.122. The Bertz CT molecular complexity index is 1380. The smallest absolute Gasteiger partial charge is 0.335 e. The highest BCUT2D eigenvalue weighted by Gasteiger charge is 2.37. The van der Waals surface area contributed by atoms with Crippen LogP contribution in [-0.4, -0.2) is 17.8 Å². The van der Waals surface area contributed by atoms with Gasteiger partial charge in [-0.3, -0.25) is 14.9 Å². The number of carbonyl (C=O) groups excluding carboxylic acids is 3. The molecule has 1 aliphatic heterocycles. The summed E-state index contributed by atoms with van der Waals surface area (Å²) in [4.78, 5) is 38.7. The molecule has 1 saturated heterocycles. The maximum atomic E-state index is 13.1. The van der Waals surface area contributed by atoms with Crippen LogP contribution in [0.25, 0.3) is 6.08 Å². The van der Waals surface area contributed by atoms with Crippen LogP contribution in [0.5, 0.6) is 5.75 Å². The highest BCUT2D eigenvalue weighted by molar-refractivity contribution is 6.43. The zero-order valence-corrected chi connectivity index (χ0v) is 21.2. The van der Waals surface area contributed by atoms with Gasteiger partial charge in [-0.15, -0.1) is 0 Å². The highest BCUT2D eigenvalue weighted by atomic mass is 35.5. The zero-order chi connectivity index (χ0) is 25.3. The second kappa shape index (κ2) is 10.5. The molecule has 1 fully saturated rings. The Kier molecular flexibility index (Phi) is 7.59. The van der Waals surface area contributed by atoms with E-state index in [2.05, 4.69) is 5.32 Å². The first-order chi connectivity index (χ1) is 16.6. The summed E-state index contributed by atoms with van der Waals surface area (Å²) < 4.78 is 5.74. The number of halogens is 5. The molecule has 35 heavy (non-hydrogen) atoms. The number of barbiturate groups is 1. The lowest BCUT2D eigenvalue weighted by atomic mass is 10.1. The molecule has 3 aromatic rings. The van der Waals surface area contributed by atoms with E-state index in [0.29, 0.717) is 10.6 Å². The summed E-state index contributed by atoms with van der Waals surface area (Å²) in [6.45, 7) is 0.169. The van der Waals surface area contributed by atoms with Crippen molar-refractivity contribution in [3.05, 3.63) is 96.4 Å². The number of amides is 4. The van der Waals surface area contributed by atoms with Crippen LogP contribution in [0.15, 0.2) is 60.2 Å². The number of urea groups is 1. The lowest BCUT2D eigenvalue weighted by Gasteiger charge is -2.26. The van der Waals surface area contributed by atoms with Crippen molar-refractivity contribution in [2.45, 2.75) is 6.61 Å². The summed E-state index contributed by atoms with van der Waals surface area (Å²) in [5.41, 5.74) is 0.987. The maximum Gasteiger partial charge on any atom is 0.335 e. The van der Waals surface area contributed by atoms with Gasteiger partial charge in [-0.05, 0) is 59.7 Å². The van der Waals surface area contributed by atoms with Gasteiger partial charge in [-0.1, -0.05) is 70.1 Å². The minimum Gasteiger partial charge on any atom is -0.486 e. The van der Waals surface area contributed by atoms with Crippen LogP contribution in [0, 0.1) is 0 Å². The van der Waals surface area contributed by atoms with E-state index in [1.54, 1.807) is 18.2 Å². The minimum atomic E-state index is -0.920. The fraction of sp³-hybridized carbons (Fsp3) is 0.0417. The number of anilines is 1. The van der Waals surface area contributed by atoms with Crippen molar-refractivity contribution in [2.24, 2.45) is 0 Å². The monoisotopic (exact) mass is 568 g/mol. The Morgan fingerprint density at radius 2 is 1.54 bits per heavy atom. The molecule has 0 aliphatic carbocycles. The van der Waals surface area contributed by atoms with Gasteiger partial charge in [0.05, 0.1) is 25.8 Å². The molecule has 11 heteroatoms. The zero-order valence-electron chi connectivity index (χ0n) is 17.5. The maximum absolute atomic E-state index is 13.1. The molecule has 1 N–H and O–H groups in total. The van der Waals surface area contributed by atoms with E-state index in [1.807, 2.05) is 6.07 Å². The first kappa shape index (κ1) is 25.4. The van der Waals surface area contributed by atoms with Crippen molar-refractivity contribution in [1.29, 1.82) is 0 Å². The molecule has 6 nitrogen and oxygen atoms in total. The number of carbonyl (C=O) groups is 3. The van der Waals surface area contributed by atoms with E-state index in [4.69, 9.17) is 62.7 Å². The van der Waals surface area contributed by atoms with E-state index in [-0.39, 0.29) is 43.7 Å². The van der Waals surface area contributed by atoms with Gasteiger partial charge in [-0.2, -0.15) is 0 Å². The molecular formula is C24H13Cl5N2O4. The van der Waals surface area contributed by atoms with Gasteiger partial charge in [0.1, 0.15) is 12.2 Å². The molecule has 0 saturated carbocycles. The number of nitrogens with one attached hydrogen (secondary N) is 1. The fourth-order valence-electron chi connectivity index (χ4n) is 3.27. The lowest BCUT2D eigenvalue weighted by Crippen LogP contribution is -2.54. The van der Waals surface area contributed by atoms with Gasteiger partial charge in [0.2, 0.25) is 0 Å². The van der Waals surface area contributed by atoms with Gasteiger partial charge in [0.15, 0.2) is 5.75 Å². The van der Waals surface area contributed by atoms with Crippen LogP contribution in [-0.2, 0) is 16.2 Å². The topological polar surface area (TPSA) is 75.7 Å². The van der Waals surface area contributed by atoms with E-state index >= 15 is 0 Å². The predicted molar refractivity (Wildman–Crippen MR) is 138 cm³/mol. The Morgan fingerprint density at radius 3 is 2.20 bits per heavy atom. The summed E-state index contributed by atoms with van der Waals surface area (Å²) >= 11 is 30.6. The average molecular weight is 571 g/mol. The van der Waals surface area contributed by atoms with Crippen molar-refractivity contribution in [3.8, 4) is 5.75 Å². The van der Waals surface area contributed by atoms with Crippen LogP contribution in [0.1, 0.15) is 11.1 Å². The molecule has 3 aromatic carbocycles. The van der Waals surface area contributed by atoms with Crippen LogP contribution in [0.3, 0.4) is 0 Å². The van der Waals surface area contributed by atoms with Gasteiger partial charge >= 0.3 is 6.03 Å². The van der Waals surface area contributed by atoms with Crippen molar-refractivity contribution < 1.29 is 19.1 Å². The van der Waals surface area contributed by atoms with Crippen LogP contribution in [0.4, 0.5) is 10.5 Å². The van der Waals surface area contributed by atoms with Crippen LogP contribution < -0.4 is 15.0 Å². The van der Waals surface area contributed by atoms with Crippen molar-refractivity contribution in [3.63, 3.8) is 0 Å². The highest BCUT2D eigenvalue weighted by Crippen LogP contribution is 2.36. The van der Waals surface area contributed by atoms with E-state index in [9.17, 15) is 14.4 Å². The molecule has 1 aliphatic rings. The first-order valence-corrected chi connectivity index (χ1v) is 11.8. The van der Waals surface area contributed by atoms with Crippen LogP contribution >= 0.6 is 58.0 Å². The Labute approximate surface area is 224 Å². The average Bonchev–Trinajstić information content (AvgIpc) is 2.78. The summed E-state index contributed by atoms with van der Waals surface area (Å²) in [6, 6.07) is 13.4. The third kappa shape index (κ3) is 5.58. The molecule has 0 aromatic heterocycles. The van der Waals surface area contributed by atoms with Crippen molar-refractivity contribution in [1.82, 2.24) is 5.32 Å². The molecule has 178 valence electrons. The molecule has 1 heterocycles. The first-order valence-electron chi connectivity index (χ1n) is 9.87. The van der Waals surface area contributed by atoms with Gasteiger partial charge < -0.3 is 4.74 Å². The summed E-state index contributed by atoms with van der Waals surface area (Å²) in [6.07, 6.45) is 1.27. The molecular weight excluding hydrogens is 558 g/mol. The molecule has 4 amide bonds. The quantitative estimate of drug-likeness (QED) is 0.260. The van der Waals surface area contributed by atoms with E-state index in [0.717, 1.165) is 10.5 Å². The minimum absolute atomic E-state index is 0.138. The van der Waals surface area contributed by atoms with Gasteiger partial charge in [-0.25, -0.2) is 9.69 Å². The fourth-order valence-corrected chi connectivity index (χ4v) is 4.38. The summed E-state index contributed by atoms with van der Waals surface area (Å²) in [5, 5.41) is 3.39. The Hall–Kier alpha value is -2.74. The standard InChI is InChI=1S/C24H13Cl5N2O4/c25-14-3-1-2-12(6-14)11-35-21-19(28)8-13(9-20(21)29)7-16-22(32)30-24(34)31(23(16)33)15-4-5-17(26)18(27)10-15/h1-10H,11H2,(H,30,32,34)/b16-7+. The number of hydrogen-bond acceptors (Lipinski definition) is 4. The third-order valence-electron chi connectivity index (χ3n) is 4.87. The van der Waals surface area contributed by atoms with E-state index in [1.165, 1.54) is 36.4 Å². The Balaban J connectivity index is 1.62. The molecule has 0 atom stereocenters. The largest absolute Gasteiger partial charge is 0.486 e. The number of benzene rings is 3. The normalized spacial score (nSPS) is 14.9. The van der Waals surface area contributed by atoms with Crippen LogP contribution in [0.2, 0.25) is 25.1 Å².